The van der Waals surface area contributed by atoms with E-state index in [1.54, 1.807) is 12.1 Å². The van der Waals surface area contributed by atoms with Crippen LogP contribution in [-0.4, -0.2) is 16.3 Å². The van der Waals surface area contributed by atoms with Gasteiger partial charge in [-0.25, -0.2) is 0 Å². The molecule has 116 valence electrons. The molecule has 0 heterocycles. The van der Waals surface area contributed by atoms with Gasteiger partial charge in [0.1, 0.15) is 5.25 Å². The molecule has 2 nitrogen and oxygen atoms in total. The van der Waals surface area contributed by atoms with Crippen LogP contribution < -0.4 is 0 Å². The largest absolute Gasteiger partial charge is 0.480 e. The van der Waals surface area contributed by atoms with Crippen molar-refractivity contribution in [3.63, 3.8) is 0 Å². The normalized spacial score (nSPS) is 12.4. The van der Waals surface area contributed by atoms with E-state index in [1.165, 1.54) is 17.3 Å². The lowest BCUT2D eigenvalue weighted by molar-refractivity contribution is -0.136. The summed E-state index contributed by atoms with van der Waals surface area (Å²) in [5.41, 5.74) is 2.30. The van der Waals surface area contributed by atoms with E-state index < -0.39 is 11.2 Å². The Labute approximate surface area is 140 Å². The van der Waals surface area contributed by atoms with Crippen molar-refractivity contribution in [3.8, 4) is 0 Å². The third-order valence-electron chi connectivity index (χ3n) is 3.43. The van der Waals surface area contributed by atoms with Gasteiger partial charge < -0.3 is 5.11 Å². The number of aliphatic carboxylic acids is 1. The predicted molar refractivity (Wildman–Crippen MR) is 93.0 cm³/mol. The number of benzene rings is 2. The Morgan fingerprint density at radius 2 is 1.68 bits per heavy atom. The quantitative estimate of drug-likeness (QED) is 0.733. The van der Waals surface area contributed by atoms with Crippen LogP contribution in [0.1, 0.15) is 30.9 Å². The predicted octanol–water partition coefficient (Wildman–Crippen LogP) is 5.25. The zero-order valence-electron chi connectivity index (χ0n) is 12.6. The Hall–Kier alpha value is -1.45. The van der Waals surface area contributed by atoms with E-state index in [0.717, 1.165) is 10.5 Å². The first kappa shape index (κ1) is 16.9. The summed E-state index contributed by atoms with van der Waals surface area (Å²) in [5.74, 6) is -0.319. The molecule has 2 aromatic rings. The summed E-state index contributed by atoms with van der Waals surface area (Å²) >= 11 is 7.21. The standard InChI is InChI=1S/C18H19ClO2S/c1-12(2)14-5-3-13(4-6-14)11-17(18(20)21)22-16-9-7-15(19)8-10-16/h3-10,12,17H,11H2,1-2H3,(H,20,21). The summed E-state index contributed by atoms with van der Waals surface area (Å²) in [6.07, 6.45) is 0.501. The van der Waals surface area contributed by atoms with Crippen LogP contribution >= 0.6 is 23.4 Å². The lowest BCUT2D eigenvalue weighted by Crippen LogP contribution is -2.19. The molecular formula is C18H19ClO2S. The zero-order chi connectivity index (χ0) is 16.1. The molecule has 2 aromatic carbocycles. The minimum absolute atomic E-state index is 0.479. The fourth-order valence-electron chi connectivity index (χ4n) is 2.11. The van der Waals surface area contributed by atoms with Crippen LogP contribution in [0, 0.1) is 0 Å². The fraction of sp³-hybridized carbons (Fsp3) is 0.278. The molecule has 22 heavy (non-hydrogen) atoms. The molecule has 0 radical (unpaired) electrons. The van der Waals surface area contributed by atoms with Crippen molar-refractivity contribution in [1.29, 1.82) is 0 Å². The first-order valence-electron chi connectivity index (χ1n) is 7.19. The molecule has 1 unspecified atom stereocenters. The Morgan fingerprint density at radius 3 is 2.18 bits per heavy atom. The molecular weight excluding hydrogens is 316 g/mol. The summed E-state index contributed by atoms with van der Waals surface area (Å²) < 4.78 is 0. The third kappa shape index (κ3) is 4.79. The molecule has 0 saturated carbocycles. The van der Waals surface area contributed by atoms with Gasteiger partial charge in [-0.05, 0) is 47.7 Å². The molecule has 0 aromatic heterocycles. The summed E-state index contributed by atoms with van der Waals surface area (Å²) in [5, 5.41) is 9.59. The monoisotopic (exact) mass is 334 g/mol. The van der Waals surface area contributed by atoms with E-state index in [0.29, 0.717) is 17.4 Å². The molecule has 0 spiro atoms. The van der Waals surface area contributed by atoms with Crippen molar-refractivity contribution in [1.82, 2.24) is 0 Å². The number of rotatable bonds is 6. The van der Waals surface area contributed by atoms with Crippen LogP contribution in [0.25, 0.3) is 0 Å². The Bertz CT molecular complexity index is 621. The van der Waals surface area contributed by atoms with E-state index in [9.17, 15) is 9.90 Å². The number of hydrogen-bond acceptors (Lipinski definition) is 2. The molecule has 0 fully saturated rings. The Morgan fingerprint density at radius 1 is 1.09 bits per heavy atom. The smallest absolute Gasteiger partial charge is 0.317 e. The molecule has 0 aliphatic rings. The van der Waals surface area contributed by atoms with E-state index in [-0.39, 0.29) is 0 Å². The molecule has 0 amide bonds. The second-order valence-corrected chi connectivity index (χ2v) is 7.21. The topological polar surface area (TPSA) is 37.3 Å². The van der Waals surface area contributed by atoms with Crippen LogP contribution in [0.2, 0.25) is 5.02 Å². The third-order valence-corrected chi connectivity index (χ3v) is 4.88. The maximum Gasteiger partial charge on any atom is 0.317 e. The van der Waals surface area contributed by atoms with Gasteiger partial charge in [0, 0.05) is 9.92 Å². The lowest BCUT2D eigenvalue weighted by Gasteiger charge is -2.13. The highest BCUT2D eigenvalue weighted by Crippen LogP contribution is 2.27. The van der Waals surface area contributed by atoms with E-state index in [4.69, 9.17) is 11.6 Å². The van der Waals surface area contributed by atoms with Gasteiger partial charge in [-0.2, -0.15) is 0 Å². The second kappa shape index (κ2) is 7.70. The van der Waals surface area contributed by atoms with Gasteiger partial charge in [0.05, 0.1) is 0 Å². The summed E-state index contributed by atoms with van der Waals surface area (Å²) in [4.78, 5) is 12.4. The SMILES string of the molecule is CC(C)c1ccc(CC(Sc2ccc(Cl)cc2)C(=O)O)cc1. The summed E-state index contributed by atoms with van der Waals surface area (Å²) in [6.45, 7) is 4.29. The van der Waals surface area contributed by atoms with Crippen LogP contribution in [0.5, 0.6) is 0 Å². The molecule has 0 saturated heterocycles. The highest BCUT2D eigenvalue weighted by Gasteiger charge is 2.19. The molecule has 0 bridgehead atoms. The minimum atomic E-state index is -0.798. The number of carboxylic acids is 1. The van der Waals surface area contributed by atoms with Gasteiger partial charge >= 0.3 is 5.97 Å². The van der Waals surface area contributed by atoms with Crippen molar-refractivity contribution >= 4 is 29.3 Å². The van der Waals surface area contributed by atoms with E-state index in [1.807, 2.05) is 24.3 Å². The first-order chi connectivity index (χ1) is 10.5. The maximum atomic E-state index is 11.5. The maximum absolute atomic E-state index is 11.5. The number of carboxylic acid groups (broad SMARTS) is 1. The molecule has 1 atom stereocenters. The van der Waals surface area contributed by atoms with Gasteiger partial charge in [-0.1, -0.05) is 49.7 Å². The lowest BCUT2D eigenvalue weighted by atomic mass is 10.0. The van der Waals surface area contributed by atoms with Crippen molar-refractivity contribution in [2.75, 3.05) is 0 Å². The van der Waals surface area contributed by atoms with Crippen LogP contribution in [0.15, 0.2) is 53.4 Å². The number of halogens is 1. The molecule has 1 N–H and O–H groups in total. The van der Waals surface area contributed by atoms with Crippen molar-refractivity contribution in [2.24, 2.45) is 0 Å². The molecule has 2 rings (SSSR count). The molecule has 0 aliphatic heterocycles. The zero-order valence-corrected chi connectivity index (χ0v) is 14.2. The van der Waals surface area contributed by atoms with Crippen LogP contribution in [0.3, 0.4) is 0 Å². The fourth-order valence-corrected chi connectivity index (χ4v) is 3.23. The average molecular weight is 335 g/mol. The van der Waals surface area contributed by atoms with Gasteiger partial charge in [0.25, 0.3) is 0 Å². The summed E-state index contributed by atoms with van der Waals surface area (Å²) in [6, 6.07) is 15.5. The molecule has 4 heteroatoms. The van der Waals surface area contributed by atoms with Crippen LogP contribution in [-0.2, 0) is 11.2 Å². The average Bonchev–Trinajstić information content (AvgIpc) is 2.49. The van der Waals surface area contributed by atoms with Crippen LogP contribution in [0.4, 0.5) is 0 Å². The van der Waals surface area contributed by atoms with Crippen molar-refractivity contribution < 1.29 is 9.90 Å². The van der Waals surface area contributed by atoms with E-state index >= 15 is 0 Å². The summed E-state index contributed by atoms with van der Waals surface area (Å²) in [7, 11) is 0. The number of carbonyl (C=O) groups is 1. The van der Waals surface area contributed by atoms with Gasteiger partial charge in [0.15, 0.2) is 0 Å². The van der Waals surface area contributed by atoms with Crippen molar-refractivity contribution in [3.05, 3.63) is 64.7 Å². The second-order valence-electron chi connectivity index (χ2n) is 5.50. The Balaban J connectivity index is 2.08. The highest BCUT2D eigenvalue weighted by atomic mass is 35.5. The number of hydrogen-bond donors (Lipinski definition) is 1. The minimum Gasteiger partial charge on any atom is -0.480 e. The Kier molecular flexibility index (Phi) is 5.92. The highest BCUT2D eigenvalue weighted by molar-refractivity contribution is 8.00. The molecule has 0 aliphatic carbocycles. The van der Waals surface area contributed by atoms with Gasteiger partial charge in [-0.3, -0.25) is 4.79 Å². The van der Waals surface area contributed by atoms with E-state index in [2.05, 4.69) is 26.0 Å². The van der Waals surface area contributed by atoms with Gasteiger partial charge in [-0.15, -0.1) is 11.8 Å². The number of thioether (sulfide) groups is 1. The first-order valence-corrected chi connectivity index (χ1v) is 8.45. The van der Waals surface area contributed by atoms with Crippen molar-refractivity contribution in [2.45, 2.75) is 36.3 Å². The van der Waals surface area contributed by atoms with Gasteiger partial charge in [0.2, 0.25) is 0 Å².